The maximum absolute atomic E-state index is 13.0. The summed E-state index contributed by atoms with van der Waals surface area (Å²) in [7, 11) is 0. The molecule has 0 radical (unpaired) electrons. The summed E-state index contributed by atoms with van der Waals surface area (Å²) < 4.78 is 5.06. The van der Waals surface area contributed by atoms with Crippen LogP contribution in [0.1, 0.15) is 29.3 Å². The predicted octanol–water partition coefficient (Wildman–Crippen LogP) is 1.94. The largest absolute Gasteiger partial charge is 0.427 e. The minimum absolute atomic E-state index is 0.00122. The van der Waals surface area contributed by atoms with Gasteiger partial charge in [0, 0.05) is 58.2 Å². The van der Waals surface area contributed by atoms with Crippen molar-refractivity contribution in [2.75, 3.05) is 32.7 Å². The van der Waals surface area contributed by atoms with Gasteiger partial charge >= 0.3 is 5.97 Å². The van der Waals surface area contributed by atoms with Gasteiger partial charge in [0.05, 0.1) is 5.92 Å². The number of piperazine rings is 1. The van der Waals surface area contributed by atoms with Gasteiger partial charge in [-0.05, 0) is 23.8 Å². The van der Waals surface area contributed by atoms with Crippen molar-refractivity contribution >= 4 is 23.7 Å². The van der Waals surface area contributed by atoms with Crippen LogP contribution in [0.2, 0.25) is 0 Å². The van der Waals surface area contributed by atoms with Crippen LogP contribution in [0.5, 0.6) is 5.75 Å². The fourth-order valence-corrected chi connectivity index (χ4v) is 4.32. The zero-order valence-corrected chi connectivity index (χ0v) is 18.6. The van der Waals surface area contributed by atoms with Crippen LogP contribution in [0, 0.1) is 5.92 Å². The number of carbonyl (C=O) groups is 4. The van der Waals surface area contributed by atoms with E-state index in [1.165, 1.54) is 6.92 Å². The zero-order valence-electron chi connectivity index (χ0n) is 18.6. The van der Waals surface area contributed by atoms with Crippen molar-refractivity contribution in [2.45, 2.75) is 19.9 Å². The maximum Gasteiger partial charge on any atom is 0.308 e. The molecule has 2 heterocycles. The fraction of sp³-hybridized carbons (Fsp3) is 0.360. The summed E-state index contributed by atoms with van der Waals surface area (Å²) in [6.07, 6.45) is 0.230. The van der Waals surface area contributed by atoms with E-state index in [0.29, 0.717) is 50.6 Å². The van der Waals surface area contributed by atoms with Gasteiger partial charge < -0.3 is 19.4 Å². The summed E-state index contributed by atoms with van der Waals surface area (Å²) in [6, 6.07) is 16.3. The van der Waals surface area contributed by atoms with E-state index in [1.807, 2.05) is 30.3 Å². The summed E-state index contributed by atoms with van der Waals surface area (Å²) in [5, 5.41) is 0. The Kier molecular flexibility index (Phi) is 6.72. The minimum Gasteiger partial charge on any atom is -0.427 e. The van der Waals surface area contributed by atoms with Gasteiger partial charge in [-0.25, -0.2) is 0 Å². The Morgan fingerprint density at radius 2 is 1.64 bits per heavy atom. The highest BCUT2D eigenvalue weighted by Gasteiger charge is 2.37. The van der Waals surface area contributed by atoms with Crippen LogP contribution in [-0.2, 0) is 20.9 Å². The molecule has 3 amide bonds. The first kappa shape index (κ1) is 22.5. The normalized spacial score (nSPS) is 18.4. The molecule has 2 aliphatic rings. The van der Waals surface area contributed by atoms with Crippen LogP contribution in [0.3, 0.4) is 0 Å². The van der Waals surface area contributed by atoms with Gasteiger partial charge in [0.15, 0.2) is 0 Å². The molecule has 0 bridgehead atoms. The molecular formula is C25H27N3O5. The SMILES string of the molecule is CC(=O)Oc1cccc(C(=O)N2CCN(C(=O)C3CC(=O)N(Cc4ccccc4)C3)CC2)c1. The Labute approximate surface area is 192 Å². The average molecular weight is 450 g/mol. The lowest BCUT2D eigenvalue weighted by molar-refractivity contribution is -0.137. The monoisotopic (exact) mass is 449 g/mol. The third-order valence-corrected chi connectivity index (χ3v) is 6.00. The van der Waals surface area contributed by atoms with E-state index in [9.17, 15) is 19.2 Å². The van der Waals surface area contributed by atoms with Crippen LogP contribution in [0.25, 0.3) is 0 Å². The Balaban J connectivity index is 1.30. The van der Waals surface area contributed by atoms with Crippen molar-refractivity contribution in [3.63, 3.8) is 0 Å². The minimum atomic E-state index is -0.445. The summed E-state index contributed by atoms with van der Waals surface area (Å²) in [6.45, 7) is 3.93. The zero-order chi connectivity index (χ0) is 23.4. The Bertz CT molecular complexity index is 1050. The van der Waals surface area contributed by atoms with Crippen molar-refractivity contribution < 1.29 is 23.9 Å². The van der Waals surface area contributed by atoms with E-state index in [2.05, 4.69) is 0 Å². The van der Waals surface area contributed by atoms with Crippen molar-refractivity contribution in [1.82, 2.24) is 14.7 Å². The second-order valence-electron chi connectivity index (χ2n) is 8.40. The molecular weight excluding hydrogens is 422 g/mol. The van der Waals surface area contributed by atoms with E-state index in [0.717, 1.165) is 5.56 Å². The molecule has 8 heteroatoms. The predicted molar refractivity (Wildman–Crippen MR) is 120 cm³/mol. The highest BCUT2D eigenvalue weighted by atomic mass is 16.5. The third kappa shape index (κ3) is 5.39. The van der Waals surface area contributed by atoms with E-state index >= 15 is 0 Å². The molecule has 1 unspecified atom stereocenters. The quantitative estimate of drug-likeness (QED) is 0.514. The summed E-state index contributed by atoms with van der Waals surface area (Å²) in [4.78, 5) is 54.7. The number of hydrogen-bond acceptors (Lipinski definition) is 5. The molecule has 0 spiro atoms. The average Bonchev–Trinajstić information content (AvgIpc) is 3.18. The Morgan fingerprint density at radius 1 is 0.939 bits per heavy atom. The van der Waals surface area contributed by atoms with Crippen LogP contribution in [-0.4, -0.2) is 71.1 Å². The summed E-state index contributed by atoms with van der Waals surface area (Å²) in [5.74, 6) is -0.654. The highest BCUT2D eigenvalue weighted by Crippen LogP contribution is 2.23. The molecule has 0 N–H and O–H groups in total. The van der Waals surface area contributed by atoms with E-state index in [-0.39, 0.29) is 30.1 Å². The molecule has 0 aromatic heterocycles. The smallest absolute Gasteiger partial charge is 0.308 e. The number of likely N-dealkylation sites (tertiary alicyclic amines) is 1. The van der Waals surface area contributed by atoms with Gasteiger partial charge in [-0.1, -0.05) is 36.4 Å². The van der Waals surface area contributed by atoms with Gasteiger partial charge in [-0.2, -0.15) is 0 Å². The number of hydrogen-bond donors (Lipinski definition) is 0. The van der Waals surface area contributed by atoms with Gasteiger partial charge in [0.1, 0.15) is 5.75 Å². The number of nitrogens with zero attached hydrogens (tertiary/aromatic N) is 3. The van der Waals surface area contributed by atoms with Crippen LogP contribution in [0.15, 0.2) is 54.6 Å². The second-order valence-corrected chi connectivity index (χ2v) is 8.40. The van der Waals surface area contributed by atoms with Crippen molar-refractivity contribution in [2.24, 2.45) is 5.92 Å². The number of carbonyl (C=O) groups excluding carboxylic acids is 4. The van der Waals surface area contributed by atoms with Crippen LogP contribution in [0.4, 0.5) is 0 Å². The lowest BCUT2D eigenvalue weighted by Crippen LogP contribution is -2.52. The number of benzene rings is 2. The first-order valence-corrected chi connectivity index (χ1v) is 11.1. The molecule has 2 fully saturated rings. The first-order chi connectivity index (χ1) is 15.9. The Morgan fingerprint density at radius 3 is 2.33 bits per heavy atom. The number of amides is 3. The first-order valence-electron chi connectivity index (χ1n) is 11.1. The highest BCUT2D eigenvalue weighted by molar-refractivity contribution is 5.95. The van der Waals surface area contributed by atoms with Crippen molar-refractivity contribution in [3.05, 3.63) is 65.7 Å². The van der Waals surface area contributed by atoms with Gasteiger partial charge in [-0.15, -0.1) is 0 Å². The third-order valence-electron chi connectivity index (χ3n) is 6.00. The second kappa shape index (κ2) is 9.85. The van der Waals surface area contributed by atoms with Gasteiger partial charge in [0.2, 0.25) is 11.8 Å². The molecule has 2 aromatic rings. The molecule has 33 heavy (non-hydrogen) atoms. The molecule has 2 aromatic carbocycles. The van der Waals surface area contributed by atoms with Crippen molar-refractivity contribution in [1.29, 1.82) is 0 Å². The number of ether oxygens (including phenoxy) is 1. The molecule has 0 aliphatic carbocycles. The van der Waals surface area contributed by atoms with Gasteiger partial charge in [0.25, 0.3) is 5.91 Å². The number of rotatable bonds is 5. The maximum atomic E-state index is 13.0. The van der Waals surface area contributed by atoms with E-state index in [4.69, 9.17) is 4.74 Å². The molecule has 1 atom stereocenters. The van der Waals surface area contributed by atoms with Crippen molar-refractivity contribution in [3.8, 4) is 5.75 Å². The molecule has 172 valence electrons. The summed E-state index contributed by atoms with van der Waals surface area (Å²) in [5.41, 5.74) is 1.48. The lowest BCUT2D eigenvalue weighted by atomic mass is 10.1. The van der Waals surface area contributed by atoms with E-state index < -0.39 is 5.97 Å². The van der Waals surface area contributed by atoms with E-state index in [1.54, 1.807) is 39.0 Å². The standard InChI is InChI=1S/C25H27N3O5/c1-18(29)33-22-9-5-8-20(14-22)24(31)26-10-12-27(13-11-26)25(32)21-15-23(30)28(17-21)16-19-6-3-2-4-7-19/h2-9,14,21H,10-13,15-17H2,1H3. The number of esters is 1. The van der Waals surface area contributed by atoms with Crippen LogP contribution >= 0.6 is 0 Å². The topological polar surface area (TPSA) is 87.2 Å². The molecule has 4 rings (SSSR count). The molecule has 2 saturated heterocycles. The molecule has 2 aliphatic heterocycles. The molecule has 0 saturated carbocycles. The van der Waals surface area contributed by atoms with Crippen LogP contribution < -0.4 is 4.74 Å². The Hall–Kier alpha value is -3.68. The molecule has 8 nitrogen and oxygen atoms in total. The summed E-state index contributed by atoms with van der Waals surface area (Å²) >= 11 is 0. The lowest BCUT2D eigenvalue weighted by Gasteiger charge is -2.36. The fourth-order valence-electron chi connectivity index (χ4n) is 4.32. The van der Waals surface area contributed by atoms with Gasteiger partial charge in [-0.3, -0.25) is 19.2 Å².